The Labute approximate surface area is 231 Å². The standard InChI is InChI=1S/C29H42N6O2S/c1-6-25(8-7-24(4)21-35-15-13-34(14-16-35)17-18-36-5)22-37-29(32-19-23(2)3)31-12-10-28-33-26-20-30-11-9-27(26)38-28/h6-9,11,19-20,23H,4,10,12-18,21-22H2,1-3,5H3. The predicted octanol–water partition coefficient (Wildman–Crippen LogP) is 4.66. The molecule has 9 heteroatoms. The second kappa shape index (κ2) is 16.3. The number of methoxy groups -OCH3 is 1. The first kappa shape index (κ1) is 29.8. The molecule has 0 N–H and O–H groups in total. The van der Waals surface area contributed by atoms with Gasteiger partial charge in [0.25, 0.3) is 0 Å². The smallest absolute Gasteiger partial charge is 0.311 e. The lowest BCUT2D eigenvalue weighted by atomic mass is 10.2. The lowest BCUT2D eigenvalue weighted by Gasteiger charge is -2.34. The molecule has 3 heterocycles. The molecule has 2 aromatic rings. The molecule has 0 spiro atoms. The molecule has 3 rings (SSSR count). The van der Waals surface area contributed by atoms with Crippen molar-refractivity contribution in [1.29, 1.82) is 0 Å². The van der Waals surface area contributed by atoms with E-state index in [0.29, 0.717) is 25.1 Å². The molecule has 206 valence electrons. The average Bonchev–Trinajstić information content (AvgIpc) is 3.33. The number of hydrogen-bond donors (Lipinski definition) is 0. The molecular weight excluding hydrogens is 496 g/mol. The number of pyridine rings is 1. The first-order chi connectivity index (χ1) is 18.5. The van der Waals surface area contributed by atoms with Gasteiger partial charge in [0.1, 0.15) is 6.61 Å². The summed E-state index contributed by atoms with van der Waals surface area (Å²) in [5.41, 5.74) is 3.08. The van der Waals surface area contributed by atoms with Gasteiger partial charge in [-0.15, -0.1) is 11.3 Å². The number of hydrogen-bond acceptors (Lipinski definition) is 8. The van der Waals surface area contributed by atoms with Crippen molar-refractivity contribution in [1.82, 2.24) is 19.8 Å². The van der Waals surface area contributed by atoms with E-state index in [4.69, 9.17) is 9.47 Å². The summed E-state index contributed by atoms with van der Waals surface area (Å²) in [6.07, 6.45) is 12.4. The monoisotopic (exact) mass is 538 g/mol. The van der Waals surface area contributed by atoms with Crippen LogP contribution < -0.4 is 0 Å². The molecule has 2 aromatic heterocycles. The third kappa shape index (κ3) is 10.6. The SMILES string of the molecule is C=C(C=CC(=CC)COC(N=CC(C)C)=NCCc1nc2cnccc2s1)CN1CCN(CCOC)CC1. The van der Waals surface area contributed by atoms with Crippen LogP contribution in [0.1, 0.15) is 25.8 Å². The van der Waals surface area contributed by atoms with E-state index in [1.165, 1.54) is 0 Å². The number of nitrogens with zero attached hydrogens (tertiary/aromatic N) is 6. The highest BCUT2D eigenvalue weighted by Gasteiger charge is 2.16. The summed E-state index contributed by atoms with van der Waals surface area (Å²) in [5.74, 6) is 0.312. The molecule has 0 bridgehead atoms. The third-order valence-corrected chi connectivity index (χ3v) is 7.16. The largest absolute Gasteiger partial charge is 0.459 e. The van der Waals surface area contributed by atoms with Crippen molar-refractivity contribution in [2.24, 2.45) is 15.9 Å². The molecule has 0 saturated carbocycles. The van der Waals surface area contributed by atoms with Crippen LogP contribution in [-0.2, 0) is 15.9 Å². The Morgan fingerprint density at radius 1 is 1.21 bits per heavy atom. The van der Waals surface area contributed by atoms with Crippen molar-refractivity contribution in [3.8, 4) is 0 Å². The zero-order valence-corrected chi connectivity index (χ0v) is 24.1. The molecule has 0 atom stereocenters. The minimum absolute atomic E-state index is 0.312. The number of aliphatic imine (C=N–C) groups is 2. The van der Waals surface area contributed by atoms with Gasteiger partial charge in [-0.05, 0) is 30.1 Å². The highest BCUT2D eigenvalue weighted by Crippen LogP contribution is 2.21. The van der Waals surface area contributed by atoms with Gasteiger partial charge < -0.3 is 9.47 Å². The summed E-state index contributed by atoms with van der Waals surface area (Å²) in [7, 11) is 1.76. The summed E-state index contributed by atoms with van der Waals surface area (Å²) >= 11 is 1.68. The Morgan fingerprint density at radius 3 is 2.71 bits per heavy atom. The maximum absolute atomic E-state index is 6.02. The Balaban J connectivity index is 1.48. The zero-order valence-electron chi connectivity index (χ0n) is 23.3. The summed E-state index contributed by atoms with van der Waals surface area (Å²) in [4.78, 5) is 22.8. The number of amidine groups is 1. The van der Waals surface area contributed by atoms with Gasteiger partial charge in [-0.3, -0.25) is 14.8 Å². The molecule has 1 aliphatic rings. The van der Waals surface area contributed by atoms with Crippen LogP contribution in [0.2, 0.25) is 0 Å². The molecule has 0 unspecified atom stereocenters. The topological polar surface area (TPSA) is 75.4 Å². The van der Waals surface area contributed by atoms with Gasteiger partial charge >= 0.3 is 6.02 Å². The summed E-state index contributed by atoms with van der Waals surface area (Å²) in [5, 5.41) is 1.04. The summed E-state index contributed by atoms with van der Waals surface area (Å²) in [6.45, 7) is 18.3. The highest BCUT2D eigenvalue weighted by atomic mass is 32.1. The maximum atomic E-state index is 6.02. The lowest BCUT2D eigenvalue weighted by molar-refractivity contribution is 0.101. The number of rotatable bonds is 13. The molecule has 38 heavy (non-hydrogen) atoms. The van der Waals surface area contributed by atoms with Crippen molar-refractivity contribution in [3.05, 3.63) is 59.4 Å². The van der Waals surface area contributed by atoms with Crippen molar-refractivity contribution in [2.75, 3.05) is 66.1 Å². The van der Waals surface area contributed by atoms with Crippen LogP contribution in [-0.4, -0.2) is 98.1 Å². The van der Waals surface area contributed by atoms with E-state index < -0.39 is 0 Å². The van der Waals surface area contributed by atoms with Gasteiger partial charge in [-0.2, -0.15) is 0 Å². The first-order valence-electron chi connectivity index (χ1n) is 13.3. The van der Waals surface area contributed by atoms with E-state index in [1.807, 2.05) is 19.2 Å². The summed E-state index contributed by atoms with van der Waals surface area (Å²) < 4.78 is 12.4. The Kier molecular flexibility index (Phi) is 12.8. The third-order valence-electron chi connectivity index (χ3n) is 6.07. The fourth-order valence-electron chi connectivity index (χ4n) is 3.85. The molecule has 0 aromatic carbocycles. The van der Waals surface area contributed by atoms with Crippen LogP contribution in [0.15, 0.2) is 64.4 Å². The molecule has 1 aliphatic heterocycles. The molecule has 0 aliphatic carbocycles. The van der Waals surface area contributed by atoms with Crippen molar-refractivity contribution in [3.63, 3.8) is 0 Å². The Morgan fingerprint density at radius 2 is 2.00 bits per heavy atom. The molecule has 8 nitrogen and oxygen atoms in total. The zero-order chi connectivity index (χ0) is 27.2. The normalized spacial score (nSPS) is 16.4. The number of ether oxygens (including phenoxy) is 2. The number of fused-ring (bicyclic) bond motifs is 1. The van der Waals surface area contributed by atoms with Gasteiger partial charge in [0, 0.05) is 65.2 Å². The maximum Gasteiger partial charge on any atom is 0.311 e. The van der Waals surface area contributed by atoms with E-state index >= 15 is 0 Å². The first-order valence-corrected chi connectivity index (χ1v) is 14.1. The van der Waals surface area contributed by atoms with Crippen LogP contribution in [0.5, 0.6) is 0 Å². The van der Waals surface area contributed by atoms with Gasteiger partial charge in [0.2, 0.25) is 0 Å². The number of thiazole rings is 1. The van der Waals surface area contributed by atoms with Gasteiger partial charge in [-0.25, -0.2) is 15.0 Å². The van der Waals surface area contributed by atoms with Crippen molar-refractivity contribution >= 4 is 33.8 Å². The number of piperazine rings is 1. The Bertz CT molecular complexity index is 1100. The van der Waals surface area contributed by atoms with Crippen LogP contribution in [0.25, 0.3) is 10.2 Å². The van der Waals surface area contributed by atoms with Crippen LogP contribution in [0.4, 0.5) is 0 Å². The molecular formula is C29H42N6O2S. The van der Waals surface area contributed by atoms with E-state index in [0.717, 1.165) is 78.7 Å². The van der Waals surface area contributed by atoms with E-state index in [2.05, 4.69) is 68.4 Å². The molecule has 0 radical (unpaired) electrons. The minimum Gasteiger partial charge on any atom is -0.459 e. The molecule has 1 saturated heterocycles. The number of allylic oxidation sites excluding steroid dienone is 1. The fraction of sp³-hybridized carbons (Fsp3) is 0.517. The second-order valence-corrected chi connectivity index (χ2v) is 10.8. The van der Waals surface area contributed by atoms with E-state index in [9.17, 15) is 0 Å². The van der Waals surface area contributed by atoms with Crippen molar-refractivity contribution < 1.29 is 9.47 Å². The molecule has 0 amide bonds. The number of aromatic nitrogens is 2. The van der Waals surface area contributed by atoms with Gasteiger partial charge in [-0.1, -0.05) is 38.7 Å². The molecule has 1 fully saturated rings. The average molecular weight is 539 g/mol. The van der Waals surface area contributed by atoms with E-state index in [1.54, 1.807) is 30.8 Å². The van der Waals surface area contributed by atoms with Gasteiger partial charge in [0.05, 0.1) is 34.6 Å². The van der Waals surface area contributed by atoms with Crippen LogP contribution in [0, 0.1) is 5.92 Å². The predicted molar refractivity (Wildman–Crippen MR) is 159 cm³/mol. The van der Waals surface area contributed by atoms with Crippen molar-refractivity contribution in [2.45, 2.75) is 27.2 Å². The van der Waals surface area contributed by atoms with Gasteiger partial charge in [0.15, 0.2) is 0 Å². The van der Waals surface area contributed by atoms with E-state index in [-0.39, 0.29) is 0 Å². The highest BCUT2D eigenvalue weighted by molar-refractivity contribution is 7.18. The fourth-order valence-corrected chi connectivity index (χ4v) is 4.77. The van der Waals surface area contributed by atoms with Crippen LogP contribution in [0.3, 0.4) is 0 Å². The second-order valence-electron chi connectivity index (χ2n) is 9.64. The minimum atomic E-state index is 0.312. The quantitative estimate of drug-likeness (QED) is 0.210. The van der Waals surface area contributed by atoms with Crippen LogP contribution >= 0.6 is 11.3 Å². The lowest BCUT2D eigenvalue weighted by Crippen LogP contribution is -2.47. The Hall–Kier alpha value is -2.72. The summed E-state index contributed by atoms with van der Waals surface area (Å²) in [6, 6.07) is 2.39.